The molecule has 0 unspecified atom stereocenters. The SMILES string of the molecule is Cc1cc(-c2cccc(F)c2)nnc1NCc1cscn1. The summed E-state index contributed by atoms with van der Waals surface area (Å²) in [5.41, 5.74) is 5.10. The number of aryl methyl sites for hydroxylation is 1. The van der Waals surface area contributed by atoms with Crippen LogP contribution in [0.2, 0.25) is 0 Å². The van der Waals surface area contributed by atoms with Gasteiger partial charge < -0.3 is 5.32 Å². The Hall–Kier alpha value is -2.34. The predicted molar refractivity (Wildman–Crippen MR) is 81.6 cm³/mol. The predicted octanol–water partition coefficient (Wildman–Crippen LogP) is 3.66. The van der Waals surface area contributed by atoms with Gasteiger partial charge in [-0.1, -0.05) is 12.1 Å². The van der Waals surface area contributed by atoms with Gasteiger partial charge in [-0.05, 0) is 30.7 Å². The van der Waals surface area contributed by atoms with Crippen LogP contribution in [0.25, 0.3) is 11.3 Å². The fourth-order valence-electron chi connectivity index (χ4n) is 1.95. The number of anilines is 1. The molecule has 2 aromatic heterocycles. The first kappa shape index (κ1) is 13.6. The van der Waals surface area contributed by atoms with E-state index in [1.54, 1.807) is 22.9 Å². The molecule has 1 aromatic carbocycles. The Kier molecular flexibility index (Phi) is 3.87. The third kappa shape index (κ3) is 3.22. The highest BCUT2D eigenvalue weighted by molar-refractivity contribution is 7.07. The highest BCUT2D eigenvalue weighted by Gasteiger charge is 2.06. The molecule has 0 aliphatic heterocycles. The largest absolute Gasteiger partial charge is 0.363 e. The molecule has 0 atom stereocenters. The van der Waals surface area contributed by atoms with E-state index in [1.807, 2.05) is 24.4 Å². The van der Waals surface area contributed by atoms with E-state index in [-0.39, 0.29) is 5.82 Å². The summed E-state index contributed by atoms with van der Waals surface area (Å²) in [5.74, 6) is 0.431. The number of thiazole rings is 1. The standard InChI is InChI=1S/C15H13FN4S/c1-10-5-14(11-3-2-4-12(16)6-11)19-20-15(10)17-7-13-8-21-9-18-13/h2-6,8-9H,7H2,1H3,(H,17,20). The minimum absolute atomic E-state index is 0.280. The van der Waals surface area contributed by atoms with E-state index in [9.17, 15) is 4.39 Å². The summed E-state index contributed by atoms with van der Waals surface area (Å²) in [6.45, 7) is 2.55. The maximum atomic E-state index is 13.2. The van der Waals surface area contributed by atoms with Gasteiger partial charge in [0.1, 0.15) is 5.82 Å². The Morgan fingerprint density at radius 2 is 2.14 bits per heavy atom. The molecule has 0 saturated heterocycles. The van der Waals surface area contributed by atoms with E-state index in [1.165, 1.54) is 12.1 Å². The van der Waals surface area contributed by atoms with Crippen molar-refractivity contribution in [3.8, 4) is 11.3 Å². The first-order valence-corrected chi connectivity index (χ1v) is 7.38. The summed E-state index contributed by atoms with van der Waals surface area (Å²) >= 11 is 1.56. The highest BCUT2D eigenvalue weighted by atomic mass is 32.1. The Bertz CT molecular complexity index is 743. The molecule has 0 aliphatic rings. The third-order valence-corrected chi connectivity index (χ3v) is 3.66. The van der Waals surface area contributed by atoms with Gasteiger partial charge in [0, 0.05) is 10.9 Å². The Labute approximate surface area is 125 Å². The molecule has 3 aromatic rings. The second-order valence-electron chi connectivity index (χ2n) is 4.60. The van der Waals surface area contributed by atoms with E-state index >= 15 is 0 Å². The van der Waals surface area contributed by atoms with E-state index in [0.29, 0.717) is 18.1 Å². The number of hydrogen-bond donors (Lipinski definition) is 1. The maximum absolute atomic E-state index is 13.2. The molecule has 0 spiro atoms. The molecule has 0 saturated carbocycles. The van der Waals surface area contributed by atoms with E-state index < -0.39 is 0 Å². The van der Waals surface area contributed by atoms with Gasteiger partial charge in [-0.15, -0.1) is 21.5 Å². The van der Waals surface area contributed by atoms with Gasteiger partial charge in [0.15, 0.2) is 5.82 Å². The van der Waals surface area contributed by atoms with Crippen molar-refractivity contribution in [2.75, 3.05) is 5.32 Å². The lowest BCUT2D eigenvalue weighted by molar-refractivity contribution is 0.628. The third-order valence-electron chi connectivity index (χ3n) is 3.03. The van der Waals surface area contributed by atoms with Crippen molar-refractivity contribution in [1.82, 2.24) is 15.2 Å². The van der Waals surface area contributed by atoms with E-state index in [0.717, 1.165) is 16.8 Å². The average molecular weight is 300 g/mol. The summed E-state index contributed by atoms with van der Waals surface area (Å²) in [6, 6.07) is 8.23. The fourth-order valence-corrected chi connectivity index (χ4v) is 2.51. The number of nitrogens with one attached hydrogen (secondary N) is 1. The second-order valence-corrected chi connectivity index (χ2v) is 5.32. The van der Waals surface area contributed by atoms with Gasteiger partial charge >= 0.3 is 0 Å². The number of rotatable bonds is 4. The minimum Gasteiger partial charge on any atom is -0.363 e. The van der Waals surface area contributed by atoms with Crippen LogP contribution in [-0.4, -0.2) is 15.2 Å². The molecule has 1 N–H and O–H groups in total. The topological polar surface area (TPSA) is 50.7 Å². The molecule has 6 heteroatoms. The van der Waals surface area contributed by atoms with Crippen molar-refractivity contribution in [3.63, 3.8) is 0 Å². The molecule has 2 heterocycles. The van der Waals surface area contributed by atoms with Crippen LogP contribution >= 0.6 is 11.3 Å². The van der Waals surface area contributed by atoms with Crippen molar-refractivity contribution in [1.29, 1.82) is 0 Å². The van der Waals surface area contributed by atoms with Gasteiger partial charge in [-0.25, -0.2) is 9.37 Å². The molecular formula is C15H13FN4S. The number of halogens is 1. The van der Waals surface area contributed by atoms with E-state index in [4.69, 9.17) is 0 Å². The maximum Gasteiger partial charge on any atom is 0.151 e. The van der Waals surface area contributed by atoms with Gasteiger partial charge in [0.05, 0.1) is 23.4 Å². The van der Waals surface area contributed by atoms with Gasteiger partial charge in [-0.3, -0.25) is 0 Å². The van der Waals surface area contributed by atoms with Gasteiger partial charge in [0.2, 0.25) is 0 Å². The minimum atomic E-state index is -0.280. The summed E-state index contributed by atoms with van der Waals surface area (Å²) in [4.78, 5) is 4.20. The van der Waals surface area contributed by atoms with Crippen LogP contribution in [0.5, 0.6) is 0 Å². The quantitative estimate of drug-likeness (QED) is 0.799. The lowest BCUT2D eigenvalue weighted by Gasteiger charge is -2.08. The Morgan fingerprint density at radius 1 is 1.24 bits per heavy atom. The Morgan fingerprint density at radius 3 is 2.86 bits per heavy atom. The van der Waals surface area contributed by atoms with Crippen molar-refractivity contribution >= 4 is 17.2 Å². The first-order valence-electron chi connectivity index (χ1n) is 6.43. The molecule has 0 amide bonds. The normalized spacial score (nSPS) is 10.6. The van der Waals surface area contributed by atoms with Crippen molar-refractivity contribution in [2.24, 2.45) is 0 Å². The summed E-state index contributed by atoms with van der Waals surface area (Å²) < 4.78 is 13.2. The van der Waals surface area contributed by atoms with Crippen LogP contribution in [0.15, 0.2) is 41.2 Å². The number of aromatic nitrogens is 3. The molecule has 3 rings (SSSR count). The zero-order chi connectivity index (χ0) is 14.7. The zero-order valence-corrected chi connectivity index (χ0v) is 12.2. The molecule has 0 aliphatic carbocycles. The van der Waals surface area contributed by atoms with Crippen molar-refractivity contribution in [2.45, 2.75) is 13.5 Å². The second kappa shape index (κ2) is 5.97. The lowest BCUT2D eigenvalue weighted by atomic mass is 10.1. The summed E-state index contributed by atoms with van der Waals surface area (Å²) in [5, 5.41) is 13.5. The van der Waals surface area contributed by atoms with Crippen LogP contribution in [0.1, 0.15) is 11.3 Å². The highest BCUT2D eigenvalue weighted by Crippen LogP contribution is 2.21. The smallest absolute Gasteiger partial charge is 0.151 e. The average Bonchev–Trinajstić information content (AvgIpc) is 2.99. The van der Waals surface area contributed by atoms with Crippen molar-refractivity contribution in [3.05, 3.63) is 58.3 Å². The van der Waals surface area contributed by atoms with Crippen LogP contribution in [0, 0.1) is 12.7 Å². The van der Waals surface area contributed by atoms with Crippen LogP contribution in [0.4, 0.5) is 10.2 Å². The number of nitrogens with zero attached hydrogens (tertiary/aromatic N) is 3. The molecule has 106 valence electrons. The van der Waals surface area contributed by atoms with Crippen molar-refractivity contribution < 1.29 is 4.39 Å². The molecule has 21 heavy (non-hydrogen) atoms. The molecule has 0 bridgehead atoms. The van der Waals surface area contributed by atoms with Gasteiger partial charge in [0.25, 0.3) is 0 Å². The molecule has 4 nitrogen and oxygen atoms in total. The van der Waals surface area contributed by atoms with Crippen LogP contribution in [-0.2, 0) is 6.54 Å². The van der Waals surface area contributed by atoms with Crippen LogP contribution in [0.3, 0.4) is 0 Å². The van der Waals surface area contributed by atoms with Gasteiger partial charge in [-0.2, -0.15) is 0 Å². The number of hydrogen-bond acceptors (Lipinski definition) is 5. The lowest BCUT2D eigenvalue weighted by Crippen LogP contribution is -2.05. The van der Waals surface area contributed by atoms with E-state index in [2.05, 4.69) is 20.5 Å². The molecule has 0 fully saturated rings. The first-order chi connectivity index (χ1) is 10.2. The molecular weight excluding hydrogens is 287 g/mol. The van der Waals surface area contributed by atoms with Crippen LogP contribution < -0.4 is 5.32 Å². The monoisotopic (exact) mass is 300 g/mol. The summed E-state index contributed by atoms with van der Waals surface area (Å²) in [6.07, 6.45) is 0. The fraction of sp³-hybridized carbons (Fsp3) is 0.133. The number of benzene rings is 1. The zero-order valence-electron chi connectivity index (χ0n) is 11.4. The summed E-state index contributed by atoms with van der Waals surface area (Å²) in [7, 11) is 0. The molecule has 0 radical (unpaired) electrons. The Balaban J connectivity index is 1.79.